The van der Waals surface area contributed by atoms with Crippen molar-refractivity contribution in [3.63, 3.8) is 0 Å². The lowest BCUT2D eigenvalue weighted by Crippen LogP contribution is -2.37. The molecule has 0 N–H and O–H groups in total. The lowest BCUT2D eigenvalue weighted by atomic mass is 10.0. The Hall–Kier alpha value is -2.03. The van der Waals surface area contributed by atoms with Crippen LogP contribution >= 0.6 is 0 Å². The number of Topliss-reactive ketones (excluding diaryl/α,β-unsaturated/α-hetero) is 1. The zero-order valence-corrected chi connectivity index (χ0v) is 10.7. The van der Waals surface area contributed by atoms with E-state index in [4.69, 9.17) is 0 Å². The monoisotopic (exact) mass is 241 g/mol. The molecule has 0 fully saturated rings. The van der Waals surface area contributed by atoms with Crippen LogP contribution in [0.4, 0.5) is 0 Å². The largest absolute Gasteiger partial charge is 0.287 e. The molecule has 2 aromatic rings. The second-order valence-electron chi connectivity index (χ2n) is 4.62. The smallest absolute Gasteiger partial charge is 0.227 e. The molecule has 1 aromatic heterocycles. The number of nitrogens with zero attached hydrogens (tertiary/aromatic N) is 2. The molecule has 18 heavy (non-hydrogen) atoms. The Balaban J connectivity index is 2.10. The van der Waals surface area contributed by atoms with Gasteiger partial charge in [0, 0.05) is 5.56 Å². The summed E-state index contributed by atoms with van der Waals surface area (Å²) in [5.74, 6) is 0.602. The highest BCUT2D eigenvalue weighted by molar-refractivity contribution is 5.95. The number of rotatable bonds is 4. The number of benzene rings is 1. The van der Waals surface area contributed by atoms with Crippen LogP contribution in [0.1, 0.15) is 35.7 Å². The second kappa shape index (κ2) is 5.54. The van der Waals surface area contributed by atoms with Crippen LogP contribution in [0.5, 0.6) is 0 Å². The topological polar surface area (TPSA) is 33.8 Å². The minimum absolute atomic E-state index is 0.113. The fourth-order valence-electron chi connectivity index (χ4n) is 1.76. The van der Waals surface area contributed by atoms with Crippen LogP contribution in [-0.2, 0) is 6.54 Å². The van der Waals surface area contributed by atoms with Gasteiger partial charge >= 0.3 is 0 Å². The van der Waals surface area contributed by atoms with Crippen molar-refractivity contribution in [2.75, 3.05) is 0 Å². The minimum atomic E-state index is 0.113. The van der Waals surface area contributed by atoms with Crippen molar-refractivity contribution in [1.29, 1.82) is 0 Å². The Kier molecular flexibility index (Phi) is 3.82. The maximum absolute atomic E-state index is 12.1. The van der Waals surface area contributed by atoms with Gasteiger partial charge in [-0.3, -0.25) is 9.78 Å². The maximum Gasteiger partial charge on any atom is 0.227 e. The first kappa shape index (κ1) is 12.4. The zero-order chi connectivity index (χ0) is 13.0. The lowest BCUT2D eigenvalue weighted by molar-refractivity contribution is -0.683. The molecule has 0 spiro atoms. The van der Waals surface area contributed by atoms with E-state index in [2.05, 4.69) is 18.8 Å². The molecule has 0 aliphatic rings. The molecule has 0 bridgehead atoms. The SMILES string of the molecule is CC(C)c1ccc(C(=O)C[n+]2ccncc2)cc1. The van der Waals surface area contributed by atoms with Crippen LogP contribution < -0.4 is 4.57 Å². The molecule has 0 atom stereocenters. The number of hydrogen-bond donors (Lipinski definition) is 0. The van der Waals surface area contributed by atoms with Gasteiger partial charge in [-0.1, -0.05) is 38.1 Å². The molecule has 0 amide bonds. The van der Waals surface area contributed by atoms with Crippen molar-refractivity contribution in [1.82, 2.24) is 4.98 Å². The van der Waals surface area contributed by atoms with Crippen LogP contribution in [0, 0.1) is 0 Å². The van der Waals surface area contributed by atoms with Gasteiger partial charge in [-0.05, 0) is 11.5 Å². The summed E-state index contributed by atoms with van der Waals surface area (Å²) in [6.45, 7) is 4.64. The Morgan fingerprint density at radius 3 is 2.33 bits per heavy atom. The molecular formula is C15H17N2O+. The highest BCUT2D eigenvalue weighted by Crippen LogP contribution is 2.14. The van der Waals surface area contributed by atoms with Crippen LogP contribution in [0.2, 0.25) is 0 Å². The van der Waals surface area contributed by atoms with E-state index in [1.54, 1.807) is 24.8 Å². The van der Waals surface area contributed by atoms with Crippen LogP contribution in [0.15, 0.2) is 49.1 Å². The summed E-state index contributed by atoms with van der Waals surface area (Å²) in [5.41, 5.74) is 2.01. The summed E-state index contributed by atoms with van der Waals surface area (Å²) in [4.78, 5) is 16.0. The Bertz CT molecular complexity index is 518. The molecule has 0 radical (unpaired) electrons. The first-order valence-electron chi connectivity index (χ1n) is 6.09. The number of carbonyl (C=O) groups excluding carboxylic acids is 1. The quantitative estimate of drug-likeness (QED) is 0.608. The Morgan fingerprint density at radius 2 is 1.78 bits per heavy atom. The summed E-state index contributed by atoms with van der Waals surface area (Å²) >= 11 is 0. The summed E-state index contributed by atoms with van der Waals surface area (Å²) < 4.78 is 1.83. The normalized spacial score (nSPS) is 10.6. The van der Waals surface area contributed by atoms with Crippen LogP contribution in [0.25, 0.3) is 0 Å². The summed E-state index contributed by atoms with van der Waals surface area (Å²) in [7, 11) is 0. The van der Waals surface area contributed by atoms with E-state index in [1.165, 1.54) is 5.56 Å². The molecule has 1 heterocycles. The number of ketones is 1. The number of hydrogen-bond acceptors (Lipinski definition) is 2. The minimum Gasteiger partial charge on any atom is -0.287 e. The third-order valence-electron chi connectivity index (χ3n) is 2.91. The molecule has 1 aromatic carbocycles. The highest BCUT2D eigenvalue weighted by Gasteiger charge is 2.11. The molecule has 92 valence electrons. The van der Waals surface area contributed by atoms with Gasteiger partial charge in [0.2, 0.25) is 12.3 Å². The van der Waals surface area contributed by atoms with Gasteiger partial charge in [0.05, 0.1) is 12.4 Å². The van der Waals surface area contributed by atoms with Gasteiger partial charge in [-0.2, -0.15) is 4.57 Å². The molecule has 3 nitrogen and oxygen atoms in total. The molecule has 0 aliphatic carbocycles. The Morgan fingerprint density at radius 1 is 1.17 bits per heavy atom. The summed E-state index contributed by atoms with van der Waals surface area (Å²) in [5, 5.41) is 0. The van der Waals surface area contributed by atoms with Gasteiger partial charge in [-0.15, -0.1) is 0 Å². The van der Waals surface area contributed by atoms with Crippen molar-refractivity contribution in [3.05, 3.63) is 60.2 Å². The van der Waals surface area contributed by atoms with Gasteiger partial charge in [0.1, 0.15) is 0 Å². The van der Waals surface area contributed by atoms with E-state index >= 15 is 0 Å². The van der Waals surface area contributed by atoms with E-state index in [9.17, 15) is 4.79 Å². The van der Waals surface area contributed by atoms with Gasteiger partial charge in [0.25, 0.3) is 0 Å². The molecule has 0 aliphatic heterocycles. The molecule has 0 unspecified atom stereocenters. The van der Waals surface area contributed by atoms with Crippen molar-refractivity contribution in [2.45, 2.75) is 26.3 Å². The summed E-state index contributed by atoms with van der Waals surface area (Å²) in [6, 6.07) is 7.85. The third-order valence-corrected chi connectivity index (χ3v) is 2.91. The van der Waals surface area contributed by atoms with Gasteiger partial charge in [0.15, 0.2) is 12.4 Å². The predicted molar refractivity (Wildman–Crippen MR) is 69.3 cm³/mol. The van der Waals surface area contributed by atoms with E-state index in [-0.39, 0.29) is 5.78 Å². The predicted octanol–water partition coefficient (Wildman–Crippen LogP) is 2.38. The average Bonchev–Trinajstić information content (AvgIpc) is 2.40. The zero-order valence-electron chi connectivity index (χ0n) is 10.7. The molecular weight excluding hydrogens is 224 g/mol. The maximum atomic E-state index is 12.1. The summed E-state index contributed by atoms with van der Waals surface area (Å²) in [6.07, 6.45) is 6.94. The number of carbonyl (C=O) groups is 1. The molecule has 0 saturated carbocycles. The van der Waals surface area contributed by atoms with Crippen molar-refractivity contribution >= 4 is 5.78 Å². The van der Waals surface area contributed by atoms with Crippen LogP contribution in [0.3, 0.4) is 0 Å². The standard InChI is InChI=1S/C15H17N2O/c1-12(2)13-3-5-14(6-4-13)15(18)11-17-9-7-16-8-10-17/h3-10,12H,11H2,1-2H3/q+1. The van der Waals surface area contributed by atoms with Crippen LogP contribution in [-0.4, -0.2) is 10.8 Å². The van der Waals surface area contributed by atoms with Crippen molar-refractivity contribution in [2.24, 2.45) is 0 Å². The van der Waals surface area contributed by atoms with Crippen molar-refractivity contribution < 1.29 is 9.36 Å². The van der Waals surface area contributed by atoms with E-state index in [0.717, 1.165) is 5.56 Å². The third kappa shape index (κ3) is 3.00. The average molecular weight is 241 g/mol. The first-order valence-corrected chi connectivity index (χ1v) is 6.09. The van der Waals surface area contributed by atoms with E-state index < -0.39 is 0 Å². The van der Waals surface area contributed by atoms with E-state index in [0.29, 0.717) is 12.5 Å². The fraction of sp³-hybridized carbons (Fsp3) is 0.267. The Labute approximate surface area is 107 Å². The number of aromatic nitrogens is 2. The molecule has 0 saturated heterocycles. The van der Waals surface area contributed by atoms with Crippen molar-refractivity contribution in [3.8, 4) is 0 Å². The van der Waals surface area contributed by atoms with Gasteiger partial charge < -0.3 is 0 Å². The first-order chi connectivity index (χ1) is 8.66. The fourth-order valence-corrected chi connectivity index (χ4v) is 1.76. The molecule has 3 heteroatoms. The second-order valence-corrected chi connectivity index (χ2v) is 4.62. The highest BCUT2D eigenvalue weighted by atomic mass is 16.1. The lowest BCUT2D eigenvalue weighted by Gasteiger charge is -2.05. The van der Waals surface area contributed by atoms with Gasteiger partial charge in [-0.25, -0.2) is 0 Å². The molecule has 2 rings (SSSR count). The van der Waals surface area contributed by atoms with E-state index in [1.807, 2.05) is 28.8 Å².